The van der Waals surface area contributed by atoms with Crippen LogP contribution in [0, 0.1) is 0 Å². The average Bonchev–Trinajstić information content (AvgIpc) is 2.61. The fourth-order valence-electron chi connectivity index (χ4n) is 1.15. The van der Waals surface area contributed by atoms with Gasteiger partial charge in [0.15, 0.2) is 5.76 Å². The highest BCUT2D eigenvalue weighted by atomic mass is 16.7. The first-order valence-corrected chi connectivity index (χ1v) is 3.58. The van der Waals surface area contributed by atoms with Gasteiger partial charge in [0.1, 0.15) is 0 Å². The van der Waals surface area contributed by atoms with Crippen LogP contribution in [0.15, 0.2) is 4.42 Å². The zero-order valence-corrected chi connectivity index (χ0v) is 6.57. The molecule has 0 fully saturated rings. The maximum Gasteiger partial charge on any atom is 0.375 e. The zero-order chi connectivity index (χ0) is 9.42. The Morgan fingerprint density at radius 1 is 1.46 bits per heavy atom. The predicted octanol–water partition coefficient (Wildman–Crippen LogP) is 0.165. The first-order chi connectivity index (χ1) is 6.24. The highest BCUT2D eigenvalue weighted by molar-refractivity contribution is 5.89. The molecule has 0 amide bonds. The Morgan fingerprint density at radius 2 is 2.15 bits per heavy atom. The van der Waals surface area contributed by atoms with E-state index in [9.17, 15) is 4.79 Å². The summed E-state index contributed by atoms with van der Waals surface area (Å²) in [6, 6.07) is 0. The summed E-state index contributed by atoms with van der Waals surface area (Å²) in [5.41, 5.74) is 5.31. The average molecular weight is 185 g/mol. The third-order valence-electron chi connectivity index (χ3n) is 1.68. The summed E-state index contributed by atoms with van der Waals surface area (Å²) in [4.78, 5) is 10.6. The summed E-state index contributed by atoms with van der Waals surface area (Å²) in [5, 5.41) is 8.69. The van der Waals surface area contributed by atoms with Gasteiger partial charge in [0.2, 0.25) is 18.3 Å². The van der Waals surface area contributed by atoms with E-state index in [2.05, 4.69) is 0 Å². The topological polar surface area (TPSA) is 94.9 Å². The molecule has 0 aliphatic carbocycles. The van der Waals surface area contributed by atoms with Crippen molar-refractivity contribution in [1.82, 2.24) is 0 Å². The number of nitrogens with two attached hydrogens (primary N) is 1. The van der Waals surface area contributed by atoms with Gasteiger partial charge in [-0.1, -0.05) is 0 Å². The van der Waals surface area contributed by atoms with Crippen molar-refractivity contribution in [3.05, 3.63) is 11.5 Å². The number of fused-ring (bicyclic) bond motifs is 1. The molecule has 70 valence electrons. The van der Waals surface area contributed by atoms with E-state index in [0.29, 0.717) is 11.5 Å². The molecular formula is C7H7NO5. The summed E-state index contributed by atoms with van der Waals surface area (Å²) in [5.74, 6) is -0.716. The minimum atomic E-state index is -1.19. The molecule has 0 spiro atoms. The Morgan fingerprint density at radius 3 is 2.77 bits per heavy atom. The Balaban J connectivity index is 2.54. The summed E-state index contributed by atoms with van der Waals surface area (Å²) < 4.78 is 14.8. The third-order valence-corrected chi connectivity index (χ3v) is 1.68. The van der Waals surface area contributed by atoms with Gasteiger partial charge in [-0.15, -0.1) is 0 Å². The predicted molar refractivity (Wildman–Crippen MR) is 39.7 cm³/mol. The van der Waals surface area contributed by atoms with Gasteiger partial charge in [-0.2, -0.15) is 0 Å². The van der Waals surface area contributed by atoms with Gasteiger partial charge in [-0.05, 0) is 0 Å². The maximum absolute atomic E-state index is 10.6. The smallest absolute Gasteiger partial charge is 0.375 e. The molecule has 2 heterocycles. The van der Waals surface area contributed by atoms with Crippen LogP contribution < -0.4 is 15.2 Å². The number of ether oxygens (including phenoxy) is 2. The van der Waals surface area contributed by atoms with Crippen molar-refractivity contribution in [2.75, 3.05) is 6.79 Å². The molecule has 1 aromatic rings. The van der Waals surface area contributed by atoms with Gasteiger partial charge in [0.25, 0.3) is 5.76 Å². The van der Waals surface area contributed by atoms with E-state index in [-0.39, 0.29) is 24.8 Å². The molecular weight excluding hydrogens is 178 g/mol. The lowest BCUT2D eigenvalue weighted by atomic mass is 10.3. The van der Waals surface area contributed by atoms with Crippen LogP contribution in [0.5, 0.6) is 11.5 Å². The monoisotopic (exact) mass is 185 g/mol. The molecule has 2 rings (SSSR count). The van der Waals surface area contributed by atoms with Crippen LogP contribution in [0.2, 0.25) is 0 Å². The molecule has 3 N–H and O–H groups in total. The SMILES string of the molecule is NCc1oc(C(=O)O)c2c1OCO2. The molecule has 1 aliphatic heterocycles. The number of hydrogen-bond acceptors (Lipinski definition) is 5. The lowest BCUT2D eigenvalue weighted by Crippen LogP contribution is -2.02. The van der Waals surface area contributed by atoms with Crippen LogP contribution in [0.4, 0.5) is 0 Å². The molecule has 0 unspecified atom stereocenters. The largest absolute Gasteiger partial charge is 0.475 e. The van der Waals surface area contributed by atoms with E-state index in [1.54, 1.807) is 0 Å². The summed E-state index contributed by atoms with van der Waals surface area (Å²) in [6.45, 7) is 0.0906. The Bertz CT molecular complexity index is 356. The number of rotatable bonds is 2. The molecule has 0 radical (unpaired) electrons. The Kier molecular flexibility index (Phi) is 1.63. The highest BCUT2D eigenvalue weighted by Crippen LogP contribution is 2.41. The molecule has 13 heavy (non-hydrogen) atoms. The number of aromatic carboxylic acids is 1. The first-order valence-electron chi connectivity index (χ1n) is 3.58. The lowest BCUT2D eigenvalue weighted by Gasteiger charge is -1.95. The number of carbonyl (C=O) groups is 1. The highest BCUT2D eigenvalue weighted by Gasteiger charge is 2.30. The number of hydrogen-bond donors (Lipinski definition) is 2. The molecule has 1 aromatic heterocycles. The molecule has 0 bridgehead atoms. The van der Waals surface area contributed by atoms with Crippen LogP contribution in [0.3, 0.4) is 0 Å². The lowest BCUT2D eigenvalue weighted by molar-refractivity contribution is 0.0648. The van der Waals surface area contributed by atoms with E-state index in [1.165, 1.54) is 0 Å². The van der Waals surface area contributed by atoms with Crippen molar-refractivity contribution in [3.63, 3.8) is 0 Å². The molecule has 6 nitrogen and oxygen atoms in total. The standard InChI is InChI=1S/C7H7NO5/c8-1-3-4-5(12-2-11-4)6(13-3)7(9)10/h1-2,8H2,(H,9,10). The summed E-state index contributed by atoms with van der Waals surface area (Å²) in [7, 11) is 0. The zero-order valence-electron chi connectivity index (χ0n) is 6.57. The molecule has 0 aromatic carbocycles. The van der Waals surface area contributed by atoms with Crippen LogP contribution in [-0.2, 0) is 6.54 Å². The number of carboxylic acids is 1. The molecule has 1 aliphatic rings. The third kappa shape index (κ3) is 1.03. The number of furan rings is 1. The van der Waals surface area contributed by atoms with Crippen molar-refractivity contribution in [3.8, 4) is 11.5 Å². The second-order valence-electron chi connectivity index (χ2n) is 2.43. The maximum atomic E-state index is 10.6. The Hall–Kier alpha value is -1.69. The van der Waals surface area contributed by atoms with Crippen molar-refractivity contribution >= 4 is 5.97 Å². The van der Waals surface area contributed by atoms with Crippen molar-refractivity contribution in [2.45, 2.75) is 6.54 Å². The van der Waals surface area contributed by atoms with Gasteiger partial charge in [0.05, 0.1) is 6.54 Å². The van der Waals surface area contributed by atoms with E-state index < -0.39 is 5.97 Å². The number of carboxylic acid groups (broad SMARTS) is 1. The minimum Gasteiger partial charge on any atom is -0.475 e. The quantitative estimate of drug-likeness (QED) is 0.681. The van der Waals surface area contributed by atoms with Crippen LogP contribution in [0.1, 0.15) is 16.3 Å². The normalized spacial score (nSPS) is 13.3. The fraction of sp³-hybridized carbons (Fsp3) is 0.286. The first kappa shape index (κ1) is 7.93. The van der Waals surface area contributed by atoms with Gasteiger partial charge in [0, 0.05) is 0 Å². The van der Waals surface area contributed by atoms with Gasteiger partial charge < -0.3 is 24.7 Å². The van der Waals surface area contributed by atoms with E-state index in [4.69, 9.17) is 24.7 Å². The minimum absolute atomic E-state index is 0.00824. The molecule has 0 saturated heterocycles. The van der Waals surface area contributed by atoms with E-state index >= 15 is 0 Å². The van der Waals surface area contributed by atoms with E-state index in [1.807, 2.05) is 0 Å². The second-order valence-corrected chi connectivity index (χ2v) is 2.43. The summed E-state index contributed by atoms with van der Waals surface area (Å²) in [6.07, 6.45) is 0. The molecule has 0 saturated carbocycles. The van der Waals surface area contributed by atoms with Crippen LogP contribution in [0.25, 0.3) is 0 Å². The molecule has 0 atom stereocenters. The fourth-order valence-corrected chi connectivity index (χ4v) is 1.15. The Labute approximate surface area is 72.8 Å². The van der Waals surface area contributed by atoms with Crippen molar-refractivity contribution in [1.29, 1.82) is 0 Å². The molecule has 6 heteroatoms. The van der Waals surface area contributed by atoms with Gasteiger partial charge in [-0.3, -0.25) is 0 Å². The summed E-state index contributed by atoms with van der Waals surface area (Å²) >= 11 is 0. The van der Waals surface area contributed by atoms with E-state index in [0.717, 1.165) is 0 Å². The van der Waals surface area contributed by atoms with Crippen molar-refractivity contribution in [2.24, 2.45) is 5.73 Å². The van der Waals surface area contributed by atoms with Crippen LogP contribution >= 0.6 is 0 Å². The second kappa shape index (κ2) is 2.67. The van der Waals surface area contributed by atoms with Gasteiger partial charge >= 0.3 is 5.97 Å². The van der Waals surface area contributed by atoms with Crippen molar-refractivity contribution < 1.29 is 23.8 Å². The van der Waals surface area contributed by atoms with Crippen LogP contribution in [-0.4, -0.2) is 17.9 Å². The van der Waals surface area contributed by atoms with Gasteiger partial charge in [-0.25, -0.2) is 4.79 Å².